The van der Waals surface area contributed by atoms with Crippen molar-refractivity contribution in [2.75, 3.05) is 0 Å². The van der Waals surface area contributed by atoms with Gasteiger partial charge in [-0.3, -0.25) is 4.98 Å². The molecule has 0 atom stereocenters. The minimum Gasteiger partial charge on any atom is -0.312 e. The van der Waals surface area contributed by atoms with Gasteiger partial charge >= 0.3 is 0 Å². The molecule has 4 rings (SSSR count). The van der Waals surface area contributed by atoms with Gasteiger partial charge in [0.05, 0.1) is 24.1 Å². The highest BCUT2D eigenvalue weighted by Crippen LogP contribution is 2.22. The van der Waals surface area contributed by atoms with Gasteiger partial charge in [-0.05, 0) is 59.7 Å². The molecule has 2 heterocycles. The Morgan fingerprint density at radius 3 is 2.52 bits per heavy atom. The predicted molar refractivity (Wildman–Crippen MR) is 108 cm³/mol. The second kappa shape index (κ2) is 7.86. The molecule has 0 fully saturated rings. The molecule has 2 aromatic carbocycles. The zero-order valence-corrected chi connectivity index (χ0v) is 15.8. The number of benzene rings is 2. The molecule has 0 aliphatic carbocycles. The van der Waals surface area contributed by atoms with Crippen molar-refractivity contribution in [3.05, 3.63) is 99.6 Å². The van der Waals surface area contributed by atoms with Gasteiger partial charge in [0.2, 0.25) is 0 Å². The van der Waals surface area contributed by atoms with Gasteiger partial charge in [-0.1, -0.05) is 23.7 Å². The Bertz CT molecular complexity index is 1100. The summed E-state index contributed by atoms with van der Waals surface area (Å²) in [6.45, 7) is 0.631. The standard InChI is InChI=1S/C21H15ClFN3S/c22-17-7-3-15(4-8-17)13-26-20(16-5-9-18(23)10-6-16)14-27-21(26)25-19-2-1-11-24-12-19/h1-12,14H,13H2. The minimum atomic E-state index is -0.251. The van der Waals surface area contributed by atoms with Crippen LogP contribution in [-0.4, -0.2) is 9.55 Å². The summed E-state index contributed by atoms with van der Waals surface area (Å²) in [7, 11) is 0. The van der Waals surface area contributed by atoms with Crippen molar-refractivity contribution >= 4 is 28.6 Å². The second-order valence-corrected chi connectivity index (χ2v) is 7.22. The Labute approximate surface area is 165 Å². The quantitative estimate of drug-likeness (QED) is 0.437. The van der Waals surface area contributed by atoms with Crippen LogP contribution in [0.2, 0.25) is 5.02 Å². The van der Waals surface area contributed by atoms with E-state index in [9.17, 15) is 4.39 Å². The maximum Gasteiger partial charge on any atom is 0.190 e. The lowest BCUT2D eigenvalue weighted by Gasteiger charge is -2.10. The average molecular weight is 396 g/mol. The lowest BCUT2D eigenvalue weighted by Crippen LogP contribution is -2.16. The third kappa shape index (κ3) is 4.15. The van der Waals surface area contributed by atoms with E-state index in [4.69, 9.17) is 16.6 Å². The van der Waals surface area contributed by atoms with Crippen LogP contribution in [0.1, 0.15) is 5.56 Å². The minimum absolute atomic E-state index is 0.251. The second-order valence-electron chi connectivity index (χ2n) is 5.95. The van der Waals surface area contributed by atoms with E-state index in [1.54, 1.807) is 35.9 Å². The van der Waals surface area contributed by atoms with Crippen molar-refractivity contribution in [3.8, 4) is 11.3 Å². The number of nitrogens with zero attached hydrogens (tertiary/aromatic N) is 3. The summed E-state index contributed by atoms with van der Waals surface area (Å²) in [5, 5.41) is 2.74. The monoisotopic (exact) mass is 395 g/mol. The molecule has 2 aromatic heterocycles. The van der Waals surface area contributed by atoms with Gasteiger partial charge in [-0.15, -0.1) is 11.3 Å². The lowest BCUT2D eigenvalue weighted by molar-refractivity contribution is 0.628. The van der Waals surface area contributed by atoms with Crippen molar-refractivity contribution in [3.63, 3.8) is 0 Å². The van der Waals surface area contributed by atoms with E-state index in [0.717, 1.165) is 27.3 Å². The Kier molecular flexibility index (Phi) is 5.14. The molecule has 3 nitrogen and oxygen atoms in total. The van der Waals surface area contributed by atoms with E-state index >= 15 is 0 Å². The zero-order chi connectivity index (χ0) is 18.6. The van der Waals surface area contributed by atoms with Crippen LogP contribution in [-0.2, 0) is 6.54 Å². The third-order valence-corrected chi connectivity index (χ3v) is 5.18. The van der Waals surface area contributed by atoms with Gasteiger partial charge in [0.1, 0.15) is 5.82 Å². The van der Waals surface area contributed by atoms with Crippen LogP contribution in [0.5, 0.6) is 0 Å². The van der Waals surface area contributed by atoms with E-state index in [-0.39, 0.29) is 5.82 Å². The average Bonchev–Trinajstić information content (AvgIpc) is 3.07. The summed E-state index contributed by atoms with van der Waals surface area (Å²) in [6.07, 6.45) is 3.45. The maximum atomic E-state index is 13.3. The Balaban J connectivity index is 1.83. The molecule has 0 radical (unpaired) electrons. The number of rotatable bonds is 4. The highest BCUT2D eigenvalue weighted by atomic mass is 35.5. The van der Waals surface area contributed by atoms with Crippen LogP contribution in [0, 0.1) is 5.82 Å². The molecule has 0 amide bonds. The summed E-state index contributed by atoms with van der Waals surface area (Å²) in [5.41, 5.74) is 3.82. The molecule has 0 bridgehead atoms. The van der Waals surface area contributed by atoms with Crippen molar-refractivity contribution in [2.45, 2.75) is 6.54 Å². The molecular formula is C21H15ClFN3S. The normalized spacial score (nSPS) is 11.7. The highest BCUT2D eigenvalue weighted by Gasteiger charge is 2.09. The third-order valence-electron chi connectivity index (χ3n) is 4.06. The summed E-state index contributed by atoms with van der Waals surface area (Å²) in [6, 6.07) is 18.0. The molecule has 0 unspecified atom stereocenters. The first-order valence-corrected chi connectivity index (χ1v) is 9.58. The Morgan fingerprint density at radius 1 is 1.04 bits per heavy atom. The molecule has 0 aliphatic rings. The topological polar surface area (TPSA) is 30.2 Å². The smallest absolute Gasteiger partial charge is 0.190 e. The van der Waals surface area contributed by atoms with Gasteiger partial charge in [-0.25, -0.2) is 9.38 Å². The number of thiazole rings is 1. The van der Waals surface area contributed by atoms with Gasteiger partial charge in [-0.2, -0.15) is 0 Å². The molecule has 0 N–H and O–H groups in total. The lowest BCUT2D eigenvalue weighted by atomic mass is 10.1. The van der Waals surface area contributed by atoms with Gasteiger partial charge in [0, 0.05) is 16.6 Å². The Morgan fingerprint density at radius 2 is 1.81 bits per heavy atom. The van der Waals surface area contributed by atoms with Crippen molar-refractivity contribution in [1.29, 1.82) is 0 Å². The molecule has 6 heteroatoms. The first-order chi connectivity index (χ1) is 13.2. The van der Waals surface area contributed by atoms with Crippen LogP contribution in [0.25, 0.3) is 11.3 Å². The first-order valence-electron chi connectivity index (χ1n) is 8.32. The van der Waals surface area contributed by atoms with Crippen molar-refractivity contribution in [1.82, 2.24) is 9.55 Å². The summed E-state index contributed by atoms with van der Waals surface area (Å²) in [5.74, 6) is -0.251. The van der Waals surface area contributed by atoms with E-state index < -0.39 is 0 Å². The number of hydrogen-bond donors (Lipinski definition) is 0. The zero-order valence-electron chi connectivity index (χ0n) is 14.2. The van der Waals surface area contributed by atoms with Crippen LogP contribution < -0.4 is 4.80 Å². The van der Waals surface area contributed by atoms with Gasteiger partial charge < -0.3 is 4.57 Å². The largest absolute Gasteiger partial charge is 0.312 e. The Hall–Kier alpha value is -2.76. The number of aromatic nitrogens is 2. The predicted octanol–water partition coefficient (Wildman–Crippen LogP) is 5.68. The summed E-state index contributed by atoms with van der Waals surface area (Å²) < 4.78 is 15.5. The fourth-order valence-corrected chi connectivity index (χ4v) is 3.78. The number of hydrogen-bond acceptors (Lipinski definition) is 3. The van der Waals surface area contributed by atoms with Crippen LogP contribution >= 0.6 is 22.9 Å². The van der Waals surface area contributed by atoms with E-state index in [2.05, 4.69) is 9.55 Å². The molecular weight excluding hydrogens is 381 g/mol. The van der Waals surface area contributed by atoms with Crippen molar-refractivity contribution < 1.29 is 4.39 Å². The molecule has 0 aliphatic heterocycles. The van der Waals surface area contributed by atoms with Gasteiger partial charge in [0.15, 0.2) is 4.80 Å². The van der Waals surface area contributed by atoms with Crippen LogP contribution in [0.15, 0.2) is 83.4 Å². The van der Waals surface area contributed by atoms with E-state index in [1.807, 2.05) is 41.8 Å². The van der Waals surface area contributed by atoms with Crippen LogP contribution in [0.4, 0.5) is 10.1 Å². The molecule has 27 heavy (non-hydrogen) atoms. The fraction of sp³-hybridized carbons (Fsp3) is 0.0476. The molecule has 0 spiro atoms. The number of halogens is 2. The maximum absolute atomic E-state index is 13.3. The van der Waals surface area contributed by atoms with E-state index in [1.165, 1.54) is 12.1 Å². The van der Waals surface area contributed by atoms with E-state index in [0.29, 0.717) is 11.6 Å². The molecule has 4 aromatic rings. The molecule has 0 saturated heterocycles. The first kappa shape index (κ1) is 17.6. The number of pyridine rings is 1. The van der Waals surface area contributed by atoms with Crippen molar-refractivity contribution in [2.24, 2.45) is 4.99 Å². The highest BCUT2D eigenvalue weighted by molar-refractivity contribution is 7.07. The summed E-state index contributed by atoms with van der Waals surface area (Å²) >= 11 is 7.55. The fourth-order valence-electron chi connectivity index (χ4n) is 2.73. The summed E-state index contributed by atoms with van der Waals surface area (Å²) in [4.78, 5) is 9.71. The molecule has 134 valence electrons. The SMILES string of the molecule is Fc1ccc(-c2csc(=Nc3cccnc3)n2Cc2ccc(Cl)cc2)cc1. The molecule has 0 saturated carbocycles. The van der Waals surface area contributed by atoms with Gasteiger partial charge in [0.25, 0.3) is 0 Å². The van der Waals surface area contributed by atoms with Crippen LogP contribution in [0.3, 0.4) is 0 Å².